The van der Waals surface area contributed by atoms with Gasteiger partial charge in [-0.05, 0) is 18.2 Å². The predicted octanol–water partition coefficient (Wildman–Crippen LogP) is 2.80. The summed E-state index contributed by atoms with van der Waals surface area (Å²) in [4.78, 5) is 21.4. The normalized spacial score (nSPS) is 11.5. The molecule has 2 rings (SSSR count). The zero-order chi connectivity index (χ0) is 13.9. The van der Waals surface area contributed by atoms with Crippen LogP contribution < -0.4 is 0 Å². The van der Waals surface area contributed by atoms with Gasteiger partial charge in [-0.3, -0.25) is 4.79 Å². The molecular formula is C11H8F3N3OS. The molecular weight excluding hydrogens is 279 g/mol. The number of ketones is 1. The fourth-order valence-corrected chi connectivity index (χ4v) is 1.99. The van der Waals surface area contributed by atoms with E-state index in [9.17, 15) is 18.0 Å². The average molecular weight is 287 g/mol. The van der Waals surface area contributed by atoms with E-state index < -0.39 is 11.9 Å². The van der Waals surface area contributed by atoms with Gasteiger partial charge in [-0.2, -0.15) is 13.2 Å². The molecule has 19 heavy (non-hydrogen) atoms. The number of aromatic nitrogens is 3. The van der Waals surface area contributed by atoms with Gasteiger partial charge in [-0.1, -0.05) is 11.8 Å². The molecule has 2 heterocycles. The van der Waals surface area contributed by atoms with Gasteiger partial charge in [0.15, 0.2) is 10.9 Å². The number of hydrogen-bond acceptors (Lipinski definition) is 4. The van der Waals surface area contributed by atoms with Crippen molar-refractivity contribution in [1.29, 1.82) is 0 Å². The molecule has 0 fully saturated rings. The molecule has 100 valence electrons. The standard InChI is InChI=1S/C11H8F3N3OS/c12-11(13,14)9-3-5-16-10(17-9)19-6-8(18)7-2-1-4-15-7/h1-5,15H,6H2. The van der Waals surface area contributed by atoms with E-state index in [4.69, 9.17) is 0 Å². The van der Waals surface area contributed by atoms with Gasteiger partial charge in [-0.15, -0.1) is 0 Å². The molecule has 2 aromatic rings. The average Bonchev–Trinajstić information content (AvgIpc) is 2.89. The molecule has 0 bridgehead atoms. The third kappa shape index (κ3) is 3.57. The molecule has 2 aromatic heterocycles. The molecule has 0 spiro atoms. The Morgan fingerprint density at radius 1 is 1.37 bits per heavy atom. The number of aromatic amines is 1. The molecule has 0 saturated heterocycles. The Bertz CT molecular complexity index is 569. The fourth-order valence-electron chi connectivity index (χ4n) is 1.28. The van der Waals surface area contributed by atoms with E-state index in [1.807, 2.05) is 0 Å². The van der Waals surface area contributed by atoms with Gasteiger partial charge in [0.05, 0.1) is 11.4 Å². The van der Waals surface area contributed by atoms with Crippen molar-refractivity contribution in [3.8, 4) is 0 Å². The third-order valence-electron chi connectivity index (χ3n) is 2.15. The Hall–Kier alpha value is -1.83. The van der Waals surface area contributed by atoms with Gasteiger partial charge < -0.3 is 4.98 Å². The molecule has 0 atom stereocenters. The van der Waals surface area contributed by atoms with Crippen LogP contribution in [0, 0.1) is 0 Å². The number of carbonyl (C=O) groups excluding carboxylic acids is 1. The van der Waals surface area contributed by atoms with E-state index in [-0.39, 0.29) is 16.7 Å². The Labute approximate surface area is 110 Å². The first-order chi connectivity index (χ1) is 8.97. The Balaban J connectivity index is 2.02. The highest BCUT2D eigenvalue weighted by atomic mass is 32.2. The zero-order valence-corrected chi connectivity index (χ0v) is 10.3. The van der Waals surface area contributed by atoms with Gasteiger partial charge in [0.2, 0.25) is 0 Å². The largest absolute Gasteiger partial charge is 0.433 e. The number of alkyl halides is 3. The van der Waals surface area contributed by atoms with Crippen LogP contribution in [0.4, 0.5) is 13.2 Å². The lowest BCUT2D eigenvalue weighted by atomic mass is 10.3. The maximum atomic E-state index is 12.4. The maximum Gasteiger partial charge on any atom is 0.433 e. The molecule has 1 N–H and O–H groups in total. The van der Waals surface area contributed by atoms with E-state index in [0.29, 0.717) is 5.69 Å². The summed E-state index contributed by atoms with van der Waals surface area (Å²) in [5.74, 6) is -0.252. The van der Waals surface area contributed by atoms with Crippen LogP contribution in [0.2, 0.25) is 0 Å². The second-order valence-electron chi connectivity index (χ2n) is 3.52. The number of Topliss-reactive ketones (excluding diaryl/α,β-unsaturated/α-hetero) is 1. The molecule has 0 saturated carbocycles. The van der Waals surface area contributed by atoms with Crippen molar-refractivity contribution in [2.24, 2.45) is 0 Å². The van der Waals surface area contributed by atoms with E-state index in [0.717, 1.165) is 24.0 Å². The lowest BCUT2D eigenvalue weighted by Gasteiger charge is -2.06. The first-order valence-electron chi connectivity index (χ1n) is 5.16. The van der Waals surface area contributed by atoms with Gasteiger partial charge in [-0.25, -0.2) is 9.97 Å². The molecule has 0 aliphatic carbocycles. The van der Waals surface area contributed by atoms with Crippen molar-refractivity contribution >= 4 is 17.5 Å². The molecule has 0 aliphatic heterocycles. The number of H-pyrrole nitrogens is 1. The molecule has 4 nitrogen and oxygen atoms in total. The van der Waals surface area contributed by atoms with Crippen LogP contribution in [0.1, 0.15) is 16.2 Å². The number of carbonyl (C=O) groups is 1. The van der Waals surface area contributed by atoms with Gasteiger partial charge in [0.1, 0.15) is 5.69 Å². The third-order valence-corrected chi connectivity index (χ3v) is 3.02. The molecule has 0 amide bonds. The summed E-state index contributed by atoms with van der Waals surface area (Å²) in [6.07, 6.45) is -1.89. The first-order valence-corrected chi connectivity index (χ1v) is 6.15. The van der Waals surface area contributed by atoms with Crippen molar-refractivity contribution in [2.45, 2.75) is 11.3 Å². The monoisotopic (exact) mass is 287 g/mol. The number of hydrogen-bond donors (Lipinski definition) is 1. The van der Waals surface area contributed by atoms with Crippen LogP contribution in [0.15, 0.2) is 35.7 Å². The van der Waals surface area contributed by atoms with E-state index in [1.165, 1.54) is 0 Å². The summed E-state index contributed by atoms with van der Waals surface area (Å²) in [7, 11) is 0. The zero-order valence-electron chi connectivity index (χ0n) is 9.44. The number of halogens is 3. The van der Waals surface area contributed by atoms with Crippen LogP contribution in [0.5, 0.6) is 0 Å². The summed E-state index contributed by atoms with van der Waals surface area (Å²) in [5.41, 5.74) is -0.614. The second kappa shape index (κ2) is 5.43. The quantitative estimate of drug-likeness (QED) is 0.533. The van der Waals surface area contributed by atoms with E-state index in [2.05, 4.69) is 15.0 Å². The molecule has 8 heteroatoms. The molecule has 0 aromatic carbocycles. The minimum absolute atomic E-state index is 0.0260. The summed E-state index contributed by atoms with van der Waals surface area (Å²) in [6, 6.07) is 4.05. The van der Waals surface area contributed by atoms with Crippen LogP contribution in [-0.4, -0.2) is 26.5 Å². The van der Waals surface area contributed by atoms with E-state index >= 15 is 0 Å². The number of nitrogens with zero attached hydrogens (tertiary/aromatic N) is 2. The highest BCUT2D eigenvalue weighted by Crippen LogP contribution is 2.28. The van der Waals surface area contributed by atoms with Crippen molar-refractivity contribution in [1.82, 2.24) is 15.0 Å². The lowest BCUT2D eigenvalue weighted by molar-refractivity contribution is -0.141. The van der Waals surface area contributed by atoms with Crippen molar-refractivity contribution in [2.75, 3.05) is 5.75 Å². The van der Waals surface area contributed by atoms with Crippen LogP contribution in [0.3, 0.4) is 0 Å². The number of nitrogens with one attached hydrogen (secondary N) is 1. The van der Waals surface area contributed by atoms with Crippen LogP contribution >= 0.6 is 11.8 Å². The first kappa shape index (κ1) is 13.6. The number of rotatable bonds is 4. The van der Waals surface area contributed by atoms with Crippen molar-refractivity contribution in [3.05, 3.63) is 42.0 Å². The van der Waals surface area contributed by atoms with Crippen molar-refractivity contribution < 1.29 is 18.0 Å². The minimum atomic E-state index is -4.51. The topological polar surface area (TPSA) is 58.6 Å². The molecule has 0 radical (unpaired) electrons. The molecule has 0 aliphatic rings. The second-order valence-corrected chi connectivity index (χ2v) is 4.46. The highest BCUT2D eigenvalue weighted by molar-refractivity contribution is 7.99. The van der Waals surface area contributed by atoms with Gasteiger partial charge in [0.25, 0.3) is 0 Å². The fraction of sp³-hybridized carbons (Fsp3) is 0.182. The lowest BCUT2D eigenvalue weighted by Crippen LogP contribution is -2.09. The van der Waals surface area contributed by atoms with Gasteiger partial charge >= 0.3 is 6.18 Å². The van der Waals surface area contributed by atoms with Crippen LogP contribution in [-0.2, 0) is 6.18 Å². The minimum Gasteiger partial charge on any atom is -0.359 e. The van der Waals surface area contributed by atoms with Gasteiger partial charge in [0, 0.05) is 12.4 Å². The van der Waals surface area contributed by atoms with Crippen molar-refractivity contribution in [3.63, 3.8) is 0 Å². The van der Waals surface area contributed by atoms with E-state index in [1.54, 1.807) is 18.3 Å². The summed E-state index contributed by atoms with van der Waals surface area (Å²) in [5, 5.41) is -0.0743. The maximum absolute atomic E-state index is 12.4. The highest BCUT2D eigenvalue weighted by Gasteiger charge is 2.32. The summed E-state index contributed by atoms with van der Waals surface area (Å²) >= 11 is 0.865. The Morgan fingerprint density at radius 2 is 2.16 bits per heavy atom. The molecule has 0 unspecified atom stereocenters. The summed E-state index contributed by atoms with van der Waals surface area (Å²) < 4.78 is 37.3. The van der Waals surface area contributed by atoms with Crippen LogP contribution in [0.25, 0.3) is 0 Å². The Kier molecular flexibility index (Phi) is 3.89. The Morgan fingerprint density at radius 3 is 2.79 bits per heavy atom. The summed E-state index contributed by atoms with van der Waals surface area (Å²) in [6.45, 7) is 0. The predicted molar refractivity (Wildman–Crippen MR) is 62.9 cm³/mol. The SMILES string of the molecule is O=C(CSc1nccc(C(F)(F)F)n1)c1ccc[nH]1. The number of thioether (sulfide) groups is 1. The smallest absolute Gasteiger partial charge is 0.359 e.